The fourth-order valence-electron chi connectivity index (χ4n) is 1.56. The van der Waals surface area contributed by atoms with Crippen molar-refractivity contribution < 1.29 is 19.1 Å². The summed E-state index contributed by atoms with van der Waals surface area (Å²) in [5.41, 5.74) is 0. The van der Waals surface area contributed by atoms with Crippen LogP contribution in [0.3, 0.4) is 0 Å². The Labute approximate surface area is 108 Å². The number of likely N-dealkylation sites (tertiary alicyclic amines) is 1. The second kappa shape index (κ2) is 6.11. The number of carbonyl (C=O) groups excluding carboxylic acids is 3. The highest BCUT2D eigenvalue weighted by Gasteiger charge is 2.32. The third-order valence-corrected chi connectivity index (χ3v) is 3.35. The van der Waals surface area contributed by atoms with Crippen LogP contribution in [0.25, 0.3) is 0 Å². The van der Waals surface area contributed by atoms with Crippen molar-refractivity contribution in [3.8, 4) is 0 Å². The average molecular weight is 307 g/mol. The molecule has 1 fully saturated rings. The lowest BCUT2D eigenvalue weighted by Crippen LogP contribution is -2.52. The molecule has 0 bridgehead atoms. The number of amides is 2. The number of carbonyl (C=O) groups is 3. The molecule has 0 aromatic heterocycles. The van der Waals surface area contributed by atoms with Crippen LogP contribution in [-0.4, -0.2) is 54.3 Å². The first kappa shape index (κ1) is 14.1. The quantitative estimate of drug-likeness (QED) is 0.437. The summed E-state index contributed by atoms with van der Waals surface area (Å²) in [6.07, 6.45) is 0.800. The van der Waals surface area contributed by atoms with Crippen LogP contribution in [0.15, 0.2) is 0 Å². The third kappa shape index (κ3) is 3.50. The third-order valence-electron chi connectivity index (χ3n) is 2.65. The van der Waals surface area contributed by atoms with Gasteiger partial charge < -0.3 is 10.1 Å². The van der Waals surface area contributed by atoms with E-state index in [1.807, 2.05) is 0 Å². The molecule has 0 spiro atoms. The number of hydrogen-bond acceptors (Lipinski definition) is 5. The molecule has 1 saturated heterocycles. The monoisotopic (exact) mass is 306 g/mol. The van der Waals surface area contributed by atoms with Gasteiger partial charge in [-0.3, -0.25) is 19.3 Å². The number of halogens is 1. The minimum atomic E-state index is -0.497. The molecule has 6 nitrogen and oxygen atoms in total. The Bertz CT molecular complexity index is 334. The zero-order chi connectivity index (χ0) is 13.0. The molecular weight excluding hydrogens is 292 g/mol. The van der Waals surface area contributed by atoms with E-state index in [1.54, 1.807) is 0 Å². The van der Waals surface area contributed by atoms with Gasteiger partial charge in [-0.15, -0.1) is 0 Å². The second-order valence-corrected chi connectivity index (χ2v) is 4.89. The van der Waals surface area contributed by atoms with Crippen molar-refractivity contribution in [3.63, 3.8) is 0 Å². The van der Waals surface area contributed by atoms with Gasteiger partial charge in [-0.25, -0.2) is 0 Å². The Balaban J connectivity index is 2.45. The van der Waals surface area contributed by atoms with Crippen molar-refractivity contribution in [2.75, 3.05) is 20.7 Å². The molecule has 0 saturated carbocycles. The molecule has 0 aliphatic carbocycles. The Morgan fingerprint density at radius 3 is 2.88 bits per heavy atom. The van der Waals surface area contributed by atoms with Crippen molar-refractivity contribution >= 4 is 33.7 Å². The summed E-state index contributed by atoms with van der Waals surface area (Å²) in [6.45, 7) is 0.283. The first-order valence-corrected chi connectivity index (χ1v) is 6.14. The van der Waals surface area contributed by atoms with Gasteiger partial charge in [-0.05, 0) is 6.42 Å². The maximum absolute atomic E-state index is 11.7. The topological polar surface area (TPSA) is 75.7 Å². The van der Waals surface area contributed by atoms with Crippen LogP contribution in [0.4, 0.5) is 0 Å². The first-order valence-electron chi connectivity index (χ1n) is 5.23. The summed E-state index contributed by atoms with van der Waals surface area (Å²) < 4.78 is 4.54. The van der Waals surface area contributed by atoms with Crippen LogP contribution in [0, 0.1) is 0 Å². The van der Waals surface area contributed by atoms with E-state index in [9.17, 15) is 14.4 Å². The SMILES string of the molecule is COC(=O)C(Br)CNC1CCC(=O)N(C)C1=O. The zero-order valence-corrected chi connectivity index (χ0v) is 11.3. The number of piperidine rings is 1. The summed E-state index contributed by atoms with van der Waals surface area (Å²) in [7, 11) is 2.76. The van der Waals surface area contributed by atoms with E-state index in [4.69, 9.17) is 0 Å². The van der Waals surface area contributed by atoms with Gasteiger partial charge in [0.2, 0.25) is 11.8 Å². The molecule has 1 N–H and O–H groups in total. The normalized spacial score (nSPS) is 22.5. The minimum absolute atomic E-state index is 0.170. The summed E-state index contributed by atoms with van der Waals surface area (Å²) >= 11 is 3.15. The zero-order valence-electron chi connectivity index (χ0n) is 9.73. The fourth-order valence-corrected chi connectivity index (χ4v) is 1.94. The summed E-state index contributed by atoms with van der Waals surface area (Å²) in [6, 6.07) is -0.414. The van der Waals surface area contributed by atoms with Crippen LogP contribution < -0.4 is 5.32 Å². The Morgan fingerprint density at radius 1 is 1.65 bits per heavy atom. The number of nitrogens with zero attached hydrogens (tertiary/aromatic N) is 1. The highest BCUT2D eigenvalue weighted by atomic mass is 79.9. The molecule has 2 atom stereocenters. The molecule has 96 valence electrons. The molecule has 1 rings (SSSR count). The Hall–Kier alpha value is -0.950. The molecule has 2 amide bonds. The smallest absolute Gasteiger partial charge is 0.320 e. The maximum Gasteiger partial charge on any atom is 0.320 e. The van der Waals surface area contributed by atoms with Crippen LogP contribution in [-0.2, 0) is 19.1 Å². The van der Waals surface area contributed by atoms with E-state index in [-0.39, 0.29) is 18.4 Å². The van der Waals surface area contributed by atoms with Gasteiger partial charge in [0.25, 0.3) is 0 Å². The second-order valence-electron chi connectivity index (χ2n) is 3.78. The van der Waals surface area contributed by atoms with Crippen molar-refractivity contribution in [1.29, 1.82) is 0 Å². The van der Waals surface area contributed by atoms with Gasteiger partial charge in [0.1, 0.15) is 4.83 Å². The van der Waals surface area contributed by atoms with E-state index in [2.05, 4.69) is 26.0 Å². The minimum Gasteiger partial charge on any atom is -0.468 e. The van der Waals surface area contributed by atoms with Crippen LogP contribution in [0.5, 0.6) is 0 Å². The van der Waals surface area contributed by atoms with Crippen molar-refractivity contribution in [2.24, 2.45) is 0 Å². The lowest BCUT2D eigenvalue weighted by molar-refractivity contribution is -0.148. The highest BCUT2D eigenvalue weighted by Crippen LogP contribution is 2.12. The number of alkyl halides is 1. The number of methoxy groups -OCH3 is 1. The molecular formula is C10H15BrN2O4. The highest BCUT2D eigenvalue weighted by molar-refractivity contribution is 9.10. The standard InChI is InChI=1S/C10H15BrN2O4/c1-13-8(14)4-3-7(9(13)15)12-5-6(11)10(16)17-2/h6-7,12H,3-5H2,1-2H3. The summed E-state index contributed by atoms with van der Waals surface area (Å²) in [4.78, 5) is 34.7. The van der Waals surface area contributed by atoms with Crippen LogP contribution in [0.2, 0.25) is 0 Å². The van der Waals surface area contributed by atoms with Crippen molar-refractivity contribution in [1.82, 2.24) is 10.2 Å². The lowest BCUT2D eigenvalue weighted by Gasteiger charge is -2.28. The molecule has 17 heavy (non-hydrogen) atoms. The molecule has 7 heteroatoms. The molecule has 0 aromatic carbocycles. The predicted octanol–water partition coefficient (Wildman–Crippen LogP) is -0.340. The molecule has 1 heterocycles. The predicted molar refractivity (Wildman–Crippen MR) is 63.5 cm³/mol. The van der Waals surface area contributed by atoms with E-state index in [0.29, 0.717) is 12.8 Å². The largest absolute Gasteiger partial charge is 0.468 e. The van der Waals surface area contributed by atoms with Gasteiger partial charge in [0.05, 0.1) is 13.2 Å². The number of nitrogens with one attached hydrogen (secondary N) is 1. The van der Waals surface area contributed by atoms with Gasteiger partial charge in [0, 0.05) is 20.0 Å². The molecule has 1 aliphatic rings. The molecule has 1 aliphatic heterocycles. The molecule has 0 radical (unpaired) electrons. The van der Waals surface area contributed by atoms with E-state index in [1.165, 1.54) is 14.2 Å². The van der Waals surface area contributed by atoms with E-state index in [0.717, 1.165) is 4.90 Å². The first-order chi connectivity index (χ1) is 7.97. The van der Waals surface area contributed by atoms with Gasteiger partial charge in [-0.2, -0.15) is 0 Å². The number of likely N-dealkylation sites (N-methyl/N-ethyl adjacent to an activating group) is 1. The van der Waals surface area contributed by atoms with Gasteiger partial charge >= 0.3 is 5.97 Å². The molecule has 2 unspecified atom stereocenters. The summed E-state index contributed by atoms with van der Waals surface area (Å²) in [5, 5.41) is 2.95. The van der Waals surface area contributed by atoms with E-state index >= 15 is 0 Å². The Morgan fingerprint density at radius 2 is 2.29 bits per heavy atom. The fraction of sp³-hybridized carbons (Fsp3) is 0.700. The van der Waals surface area contributed by atoms with Gasteiger partial charge in [0.15, 0.2) is 0 Å². The number of hydrogen-bond donors (Lipinski definition) is 1. The number of rotatable bonds is 4. The average Bonchev–Trinajstić information content (AvgIpc) is 2.33. The number of imide groups is 1. The summed E-state index contributed by atoms with van der Waals surface area (Å²) in [5.74, 6) is -0.826. The van der Waals surface area contributed by atoms with Crippen LogP contribution in [0.1, 0.15) is 12.8 Å². The number of esters is 1. The van der Waals surface area contributed by atoms with E-state index < -0.39 is 16.8 Å². The Kier molecular flexibility index (Phi) is 5.07. The van der Waals surface area contributed by atoms with Crippen molar-refractivity contribution in [2.45, 2.75) is 23.7 Å². The van der Waals surface area contributed by atoms with Crippen molar-refractivity contribution in [3.05, 3.63) is 0 Å². The van der Waals surface area contributed by atoms with Crippen LogP contribution >= 0.6 is 15.9 Å². The number of ether oxygens (including phenoxy) is 1. The maximum atomic E-state index is 11.7. The lowest BCUT2D eigenvalue weighted by atomic mass is 10.0. The van der Waals surface area contributed by atoms with Gasteiger partial charge in [-0.1, -0.05) is 15.9 Å². The molecule has 0 aromatic rings.